The van der Waals surface area contributed by atoms with Gasteiger partial charge >= 0.3 is 0 Å². The number of nitrogens with zero attached hydrogens (tertiary/aromatic N) is 3. The van der Waals surface area contributed by atoms with Crippen LogP contribution in [-0.4, -0.2) is 14.6 Å². The van der Waals surface area contributed by atoms with Crippen molar-refractivity contribution in [1.82, 2.24) is 14.6 Å². The van der Waals surface area contributed by atoms with Crippen molar-refractivity contribution in [3.63, 3.8) is 0 Å². The molecule has 0 radical (unpaired) electrons. The van der Waals surface area contributed by atoms with Crippen LogP contribution in [0.15, 0.2) is 237 Å². The van der Waals surface area contributed by atoms with E-state index in [-0.39, 0.29) is 0 Å². The maximum absolute atomic E-state index is 5.47. The average molecular weight is 794 g/mol. The lowest BCUT2D eigenvalue weighted by Crippen LogP contribution is -1.96. The topological polar surface area (TPSA) is 30.2 Å². The number of benzene rings is 7. The fourth-order valence-electron chi connectivity index (χ4n) is 8.47. The van der Waals surface area contributed by atoms with Crippen molar-refractivity contribution in [3.05, 3.63) is 243 Å². The fourth-order valence-corrected chi connectivity index (χ4v) is 8.47. The van der Waals surface area contributed by atoms with Crippen LogP contribution in [0.1, 0.15) is 12.5 Å². The highest BCUT2D eigenvalue weighted by Gasteiger charge is 2.22. The second-order valence-corrected chi connectivity index (χ2v) is 15.4. The molecule has 0 saturated carbocycles. The Morgan fingerprint density at radius 1 is 0.468 bits per heavy atom. The minimum Gasteiger partial charge on any atom is -0.248 e. The third kappa shape index (κ3) is 7.38. The van der Waals surface area contributed by atoms with Gasteiger partial charge in [0, 0.05) is 33.2 Å². The molecule has 3 heterocycles. The summed E-state index contributed by atoms with van der Waals surface area (Å²) in [6.45, 7) is 6.09. The summed E-state index contributed by atoms with van der Waals surface area (Å²) in [4.78, 5) is 5.40. The molecule has 294 valence electrons. The Labute approximate surface area is 363 Å². The first-order valence-corrected chi connectivity index (χ1v) is 21.1. The van der Waals surface area contributed by atoms with E-state index in [2.05, 4.69) is 236 Å². The molecule has 0 N–H and O–H groups in total. The summed E-state index contributed by atoms with van der Waals surface area (Å²) in [5.41, 5.74) is 18.0. The van der Waals surface area contributed by atoms with Gasteiger partial charge in [0.25, 0.3) is 0 Å². The minimum absolute atomic E-state index is 0.909. The Kier molecular flexibility index (Phi) is 10.3. The van der Waals surface area contributed by atoms with Gasteiger partial charge in [0.15, 0.2) is 0 Å². The van der Waals surface area contributed by atoms with Gasteiger partial charge in [0.2, 0.25) is 0 Å². The summed E-state index contributed by atoms with van der Waals surface area (Å²) in [6, 6.07) is 73.1. The molecule has 0 unspecified atom stereocenters. The first-order chi connectivity index (χ1) is 30.6. The van der Waals surface area contributed by atoms with Gasteiger partial charge in [-0.3, -0.25) is 0 Å². The monoisotopic (exact) mass is 793 g/mol. The number of hydrogen-bond donors (Lipinski definition) is 0. The second-order valence-electron chi connectivity index (χ2n) is 15.4. The summed E-state index contributed by atoms with van der Waals surface area (Å²) < 4.78 is 2.15. The van der Waals surface area contributed by atoms with E-state index in [0.29, 0.717) is 0 Å². The Morgan fingerprint density at radius 2 is 0.968 bits per heavy atom. The van der Waals surface area contributed by atoms with Crippen LogP contribution in [0.3, 0.4) is 0 Å². The van der Waals surface area contributed by atoms with Crippen LogP contribution >= 0.6 is 0 Å². The van der Waals surface area contributed by atoms with Crippen LogP contribution in [0, 0.1) is 0 Å². The zero-order valence-electron chi connectivity index (χ0n) is 34.5. The molecule has 3 nitrogen and oxygen atoms in total. The zero-order chi connectivity index (χ0) is 41.8. The van der Waals surface area contributed by atoms with Crippen LogP contribution in [-0.2, 0) is 0 Å². The number of rotatable bonds is 10. The molecule has 10 aromatic rings. The fraction of sp³-hybridized carbons (Fsp3) is 0.0169. The standard InChI is InChI=1S/C59H43N3/c1-3-5-20-41(4-2)57-58(45-27-16-9-17-28-45)61-62-56(44-25-14-8-15-26-44)40-49-34-33-48(37-53(49)59(57)62)52-38-54(50-31-18-29-46(35-50)42-21-10-6-11-22-42)60-55(39-52)51-32-19-30-47(36-51)43-23-12-7-13-24-43/h3-40H,1H2,2H3/b20-5-,41-4+. The third-order valence-corrected chi connectivity index (χ3v) is 11.5. The van der Waals surface area contributed by atoms with Crippen LogP contribution in [0.2, 0.25) is 0 Å². The molecule has 0 fully saturated rings. The second kappa shape index (κ2) is 16.8. The van der Waals surface area contributed by atoms with E-state index in [9.17, 15) is 0 Å². The van der Waals surface area contributed by atoms with E-state index >= 15 is 0 Å². The number of hydrogen-bond acceptors (Lipinski definition) is 2. The predicted molar refractivity (Wildman–Crippen MR) is 262 cm³/mol. The predicted octanol–water partition coefficient (Wildman–Crippen LogP) is 15.7. The van der Waals surface area contributed by atoms with Gasteiger partial charge in [-0.1, -0.05) is 201 Å². The highest BCUT2D eigenvalue weighted by Crippen LogP contribution is 2.41. The van der Waals surface area contributed by atoms with Crippen LogP contribution < -0.4 is 0 Å². The van der Waals surface area contributed by atoms with Crippen LogP contribution in [0.25, 0.3) is 100 Å². The summed E-state index contributed by atoms with van der Waals surface area (Å²) in [6.07, 6.45) is 8.13. The number of pyridine rings is 2. The Balaban J connectivity index is 1.24. The summed E-state index contributed by atoms with van der Waals surface area (Å²) >= 11 is 0. The quantitative estimate of drug-likeness (QED) is 0.129. The van der Waals surface area contributed by atoms with E-state index in [1.165, 1.54) is 11.1 Å². The maximum atomic E-state index is 5.47. The SMILES string of the molecule is C=C/C=C\C(=C/C)c1c(-c2ccccc2)nn2c(-c3ccccc3)cc3ccc(-c4cc(-c5cccc(-c6ccccc6)c5)nc(-c5cccc(-c6ccccc6)c5)c4)cc3c12. The number of fused-ring (bicyclic) bond motifs is 3. The molecule has 0 aliphatic carbocycles. The lowest BCUT2D eigenvalue weighted by molar-refractivity contribution is 0.979. The van der Waals surface area contributed by atoms with Crippen molar-refractivity contribution >= 4 is 21.9 Å². The van der Waals surface area contributed by atoms with Gasteiger partial charge in [-0.25, -0.2) is 9.50 Å². The van der Waals surface area contributed by atoms with Gasteiger partial charge in [-0.2, -0.15) is 5.10 Å². The number of aromatic nitrogens is 3. The smallest absolute Gasteiger partial charge is 0.101 e. The highest BCUT2D eigenvalue weighted by atomic mass is 15.2. The van der Waals surface area contributed by atoms with Crippen LogP contribution in [0.5, 0.6) is 0 Å². The van der Waals surface area contributed by atoms with Crippen molar-refractivity contribution < 1.29 is 0 Å². The van der Waals surface area contributed by atoms with Crippen molar-refractivity contribution in [2.75, 3.05) is 0 Å². The number of allylic oxidation sites excluding steroid dienone is 5. The minimum atomic E-state index is 0.909. The van der Waals surface area contributed by atoms with Crippen LogP contribution in [0.4, 0.5) is 0 Å². The van der Waals surface area contributed by atoms with Crippen molar-refractivity contribution in [1.29, 1.82) is 0 Å². The largest absolute Gasteiger partial charge is 0.248 e. The molecule has 0 bridgehead atoms. The lowest BCUT2D eigenvalue weighted by Gasteiger charge is -2.14. The van der Waals surface area contributed by atoms with E-state index in [1.807, 2.05) is 12.2 Å². The highest BCUT2D eigenvalue weighted by molar-refractivity contribution is 6.08. The van der Waals surface area contributed by atoms with E-state index in [1.54, 1.807) is 0 Å². The third-order valence-electron chi connectivity index (χ3n) is 11.5. The Bertz CT molecular complexity index is 3190. The first kappa shape index (κ1) is 38.1. The lowest BCUT2D eigenvalue weighted by atomic mass is 9.93. The van der Waals surface area contributed by atoms with Crippen molar-refractivity contribution in [2.24, 2.45) is 0 Å². The van der Waals surface area contributed by atoms with E-state index in [4.69, 9.17) is 10.1 Å². The molecule has 0 aliphatic rings. The first-order valence-electron chi connectivity index (χ1n) is 21.1. The molecule has 3 aromatic heterocycles. The summed E-state index contributed by atoms with van der Waals surface area (Å²) in [5, 5.41) is 7.70. The van der Waals surface area contributed by atoms with Crippen molar-refractivity contribution in [3.8, 4) is 78.4 Å². The molecule has 0 amide bonds. The van der Waals surface area contributed by atoms with Crippen molar-refractivity contribution in [2.45, 2.75) is 6.92 Å². The Morgan fingerprint density at radius 3 is 1.52 bits per heavy atom. The molecule has 62 heavy (non-hydrogen) atoms. The molecule has 10 rings (SSSR count). The normalized spacial score (nSPS) is 11.7. The van der Waals surface area contributed by atoms with Gasteiger partial charge in [0.05, 0.1) is 22.6 Å². The summed E-state index contributed by atoms with van der Waals surface area (Å²) in [5.74, 6) is 0. The van der Waals surface area contributed by atoms with Gasteiger partial charge < -0.3 is 0 Å². The molecular weight excluding hydrogens is 751 g/mol. The molecule has 0 saturated heterocycles. The molecular formula is C59H43N3. The average Bonchev–Trinajstić information content (AvgIpc) is 3.76. The van der Waals surface area contributed by atoms with Gasteiger partial charge in [0.1, 0.15) is 5.69 Å². The van der Waals surface area contributed by atoms with E-state index in [0.717, 1.165) is 94.7 Å². The maximum Gasteiger partial charge on any atom is 0.101 e. The molecule has 0 aliphatic heterocycles. The molecule has 7 aromatic carbocycles. The molecule has 0 atom stereocenters. The van der Waals surface area contributed by atoms with Gasteiger partial charge in [-0.15, -0.1) is 0 Å². The Hall–Kier alpha value is -8.14. The molecule has 0 spiro atoms. The zero-order valence-corrected chi connectivity index (χ0v) is 34.5. The van der Waals surface area contributed by atoms with Gasteiger partial charge in [-0.05, 0) is 87.7 Å². The molecule has 3 heteroatoms. The summed E-state index contributed by atoms with van der Waals surface area (Å²) in [7, 11) is 0. The van der Waals surface area contributed by atoms with E-state index < -0.39 is 0 Å².